The van der Waals surface area contributed by atoms with Gasteiger partial charge in [0, 0.05) is 22.4 Å². The maximum absolute atomic E-state index is 2.58. The number of rotatable bonds is 6. The molecule has 0 saturated carbocycles. The molecule has 0 saturated heterocycles. The number of hydrogen-bond acceptors (Lipinski definition) is 1. The number of benzene rings is 8. The molecule has 11 rings (SSSR count). The Labute approximate surface area is 336 Å². The van der Waals surface area contributed by atoms with E-state index in [0.717, 1.165) is 18.5 Å². The number of hydrogen-bond donors (Lipinski definition) is 0. The molecule has 8 aromatic carbocycles. The summed E-state index contributed by atoms with van der Waals surface area (Å²) in [4.78, 5) is 2.56. The van der Waals surface area contributed by atoms with Gasteiger partial charge in [-0.2, -0.15) is 0 Å². The molecule has 0 N–H and O–H groups in total. The fourth-order valence-corrected chi connectivity index (χ4v) is 10.7. The number of nitrogens with zero attached hydrogens (tertiary/aromatic N) is 1. The first-order chi connectivity index (χ1) is 28.0. The summed E-state index contributed by atoms with van der Waals surface area (Å²) in [7, 11) is 0. The monoisotopic (exact) mass is 731 g/mol. The molecule has 8 aromatic rings. The summed E-state index contributed by atoms with van der Waals surface area (Å²) in [6.07, 6.45) is 4.72. The summed E-state index contributed by atoms with van der Waals surface area (Å²) < 4.78 is 0. The molecule has 57 heavy (non-hydrogen) atoms. The number of aryl methyl sites for hydroxylation is 1. The van der Waals surface area contributed by atoms with Crippen molar-refractivity contribution in [3.63, 3.8) is 0 Å². The average Bonchev–Trinajstić information content (AvgIpc) is 3.69. The van der Waals surface area contributed by atoms with Crippen molar-refractivity contribution in [3.05, 3.63) is 233 Å². The Morgan fingerprint density at radius 1 is 0.386 bits per heavy atom. The minimum absolute atomic E-state index is 0.124. The molecule has 0 bridgehead atoms. The Morgan fingerprint density at radius 3 is 1.68 bits per heavy atom. The van der Waals surface area contributed by atoms with Crippen LogP contribution in [0.25, 0.3) is 33.4 Å². The first kappa shape index (κ1) is 33.9. The van der Waals surface area contributed by atoms with Crippen LogP contribution < -0.4 is 4.90 Å². The Hall–Kier alpha value is -6.44. The molecule has 274 valence electrons. The van der Waals surface area contributed by atoms with E-state index in [-0.39, 0.29) is 5.41 Å². The first-order valence-electron chi connectivity index (χ1n) is 20.7. The van der Waals surface area contributed by atoms with Crippen LogP contribution in [0.5, 0.6) is 0 Å². The Kier molecular flexibility index (Phi) is 7.76. The van der Waals surface area contributed by atoms with Gasteiger partial charge in [-0.05, 0) is 134 Å². The largest absolute Gasteiger partial charge is 0.310 e. The van der Waals surface area contributed by atoms with Gasteiger partial charge >= 0.3 is 0 Å². The second-order valence-corrected chi connectivity index (χ2v) is 16.7. The fourth-order valence-electron chi connectivity index (χ4n) is 10.7. The number of anilines is 3. The van der Waals surface area contributed by atoms with Crippen molar-refractivity contribution in [1.29, 1.82) is 0 Å². The Morgan fingerprint density at radius 2 is 0.965 bits per heavy atom. The van der Waals surface area contributed by atoms with Crippen molar-refractivity contribution < 1.29 is 0 Å². The lowest BCUT2D eigenvalue weighted by Crippen LogP contribution is -2.28. The molecular weight excluding hydrogens is 687 g/mol. The molecule has 0 aromatic heterocycles. The molecule has 1 nitrogen and oxygen atoms in total. The van der Waals surface area contributed by atoms with E-state index in [4.69, 9.17) is 0 Å². The van der Waals surface area contributed by atoms with Gasteiger partial charge in [-0.15, -0.1) is 0 Å². The lowest BCUT2D eigenvalue weighted by atomic mass is 9.67. The third-order valence-electron chi connectivity index (χ3n) is 13.3. The quantitative estimate of drug-likeness (QED) is 0.165. The smallest absolute Gasteiger partial charge is 0.0714 e. The minimum atomic E-state index is -0.512. The van der Waals surface area contributed by atoms with Crippen molar-refractivity contribution >= 4 is 17.1 Å². The Balaban J connectivity index is 1.26. The van der Waals surface area contributed by atoms with Crippen LogP contribution in [-0.4, -0.2) is 0 Å². The van der Waals surface area contributed by atoms with Gasteiger partial charge in [0.2, 0.25) is 0 Å². The van der Waals surface area contributed by atoms with Crippen molar-refractivity contribution in [2.45, 2.75) is 50.4 Å². The van der Waals surface area contributed by atoms with E-state index in [1.54, 1.807) is 0 Å². The Bertz CT molecular complexity index is 2770. The molecule has 0 atom stereocenters. The summed E-state index contributed by atoms with van der Waals surface area (Å²) in [6.45, 7) is 4.77. The second kappa shape index (κ2) is 13.1. The second-order valence-electron chi connectivity index (χ2n) is 16.7. The third-order valence-corrected chi connectivity index (χ3v) is 13.3. The topological polar surface area (TPSA) is 3.24 Å². The zero-order valence-corrected chi connectivity index (χ0v) is 32.7. The predicted molar refractivity (Wildman–Crippen MR) is 238 cm³/mol. The van der Waals surface area contributed by atoms with Crippen LogP contribution >= 0.6 is 0 Å². The maximum atomic E-state index is 2.58. The van der Waals surface area contributed by atoms with Gasteiger partial charge in [-0.1, -0.05) is 166 Å². The average molecular weight is 732 g/mol. The van der Waals surface area contributed by atoms with E-state index in [2.05, 4.69) is 207 Å². The van der Waals surface area contributed by atoms with Gasteiger partial charge in [-0.25, -0.2) is 0 Å². The zero-order chi connectivity index (χ0) is 38.1. The molecule has 3 aliphatic carbocycles. The summed E-state index contributed by atoms with van der Waals surface area (Å²) in [6, 6.07) is 71.0. The molecule has 3 aliphatic rings. The van der Waals surface area contributed by atoms with Crippen LogP contribution in [0.1, 0.15) is 71.2 Å². The number of fused-ring (bicyclic) bond motifs is 7. The van der Waals surface area contributed by atoms with Crippen molar-refractivity contribution in [2.24, 2.45) is 0 Å². The standard InChI is InChI=1S/C56H45N/c1-55(2)50-31-16-14-28-45(50)47-34-33-42(35-52(47)55)57(41-25-10-5-11-26-41)54-37-53-48(36-49(54)44-30-18-20-38-19-12-13-27-43(38)44)46-29-15-17-32-51(46)56(53,39-21-6-3-7-22-39)40-23-8-4-9-24-40/h3-11,14-18,20-26,28-37H,12-13,19,27H2,1-2H3. The molecule has 0 amide bonds. The van der Waals surface area contributed by atoms with E-state index in [1.165, 1.54) is 102 Å². The molecule has 1 heteroatoms. The normalized spacial score (nSPS) is 15.2. The predicted octanol–water partition coefficient (Wildman–Crippen LogP) is 14.4. The van der Waals surface area contributed by atoms with Gasteiger partial charge in [0.25, 0.3) is 0 Å². The van der Waals surface area contributed by atoms with Crippen LogP contribution in [-0.2, 0) is 23.7 Å². The summed E-state index contributed by atoms with van der Waals surface area (Å²) in [5.41, 5.74) is 21.8. The van der Waals surface area contributed by atoms with Crippen molar-refractivity contribution in [3.8, 4) is 33.4 Å². The molecule has 0 spiro atoms. The molecule has 0 unspecified atom stereocenters. The van der Waals surface area contributed by atoms with Gasteiger partial charge < -0.3 is 4.90 Å². The molecule has 0 aliphatic heterocycles. The van der Waals surface area contributed by atoms with E-state index in [9.17, 15) is 0 Å². The molecule has 0 heterocycles. The van der Waals surface area contributed by atoms with E-state index in [1.807, 2.05) is 0 Å². The van der Waals surface area contributed by atoms with E-state index < -0.39 is 5.41 Å². The zero-order valence-electron chi connectivity index (χ0n) is 32.7. The lowest BCUT2D eigenvalue weighted by molar-refractivity contribution is 0.660. The van der Waals surface area contributed by atoms with Gasteiger partial charge in [0.05, 0.1) is 11.1 Å². The highest BCUT2D eigenvalue weighted by Crippen LogP contribution is 2.59. The highest BCUT2D eigenvalue weighted by molar-refractivity contribution is 5.98. The van der Waals surface area contributed by atoms with Crippen LogP contribution in [0.15, 0.2) is 188 Å². The van der Waals surface area contributed by atoms with E-state index >= 15 is 0 Å². The lowest BCUT2D eigenvalue weighted by Gasteiger charge is -2.36. The molecule has 0 fully saturated rings. The van der Waals surface area contributed by atoms with Crippen molar-refractivity contribution in [2.75, 3.05) is 4.90 Å². The van der Waals surface area contributed by atoms with Crippen LogP contribution in [0, 0.1) is 0 Å². The van der Waals surface area contributed by atoms with Gasteiger partial charge in [0.1, 0.15) is 0 Å². The maximum Gasteiger partial charge on any atom is 0.0714 e. The number of para-hydroxylation sites is 1. The molecular formula is C56H45N. The summed E-state index contributed by atoms with van der Waals surface area (Å²) >= 11 is 0. The third kappa shape index (κ3) is 5.01. The molecule has 0 radical (unpaired) electrons. The highest BCUT2D eigenvalue weighted by atomic mass is 15.1. The van der Waals surface area contributed by atoms with E-state index in [0.29, 0.717) is 0 Å². The van der Waals surface area contributed by atoms with Crippen LogP contribution in [0.4, 0.5) is 17.1 Å². The van der Waals surface area contributed by atoms with Gasteiger partial charge in [0.15, 0.2) is 0 Å². The summed E-state index contributed by atoms with van der Waals surface area (Å²) in [5, 5.41) is 0. The van der Waals surface area contributed by atoms with Crippen LogP contribution in [0.3, 0.4) is 0 Å². The van der Waals surface area contributed by atoms with Crippen LogP contribution in [0.2, 0.25) is 0 Å². The highest BCUT2D eigenvalue weighted by Gasteiger charge is 2.47. The minimum Gasteiger partial charge on any atom is -0.310 e. The first-order valence-corrected chi connectivity index (χ1v) is 20.7. The summed E-state index contributed by atoms with van der Waals surface area (Å²) in [5.74, 6) is 0. The fraction of sp³-hybridized carbons (Fsp3) is 0.143. The van der Waals surface area contributed by atoms with Crippen molar-refractivity contribution in [1.82, 2.24) is 0 Å². The van der Waals surface area contributed by atoms with Gasteiger partial charge in [-0.3, -0.25) is 0 Å². The SMILES string of the molecule is CC1(C)c2ccccc2-c2ccc(N(c3ccccc3)c3cc4c(cc3-c3cccc5c3CCCC5)-c3ccccc3C4(c3ccccc3)c3ccccc3)cc21.